The number of methoxy groups -OCH3 is 1. The number of fused-ring (bicyclic) bond motifs is 1. The second-order valence-electron chi connectivity index (χ2n) is 7.39. The van der Waals surface area contributed by atoms with E-state index in [0.29, 0.717) is 11.5 Å². The molecule has 4 aromatic rings. The molecule has 0 aliphatic rings. The van der Waals surface area contributed by atoms with Crippen LogP contribution in [0.25, 0.3) is 10.9 Å². The Bertz CT molecular complexity index is 1380. The van der Waals surface area contributed by atoms with Gasteiger partial charge in [-0.3, -0.25) is 9.71 Å². The first kappa shape index (κ1) is 21.5. The monoisotopic (exact) mass is 449 g/mol. The predicted molar refractivity (Wildman–Crippen MR) is 125 cm³/mol. The largest absolute Gasteiger partial charge is 0.497 e. The highest BCUT2D eigenvalue weighted by Gasteiger charge is 2.16. The van der Waals surface area contributed by atoms with Crippen molar-refractivity contribution in [2.75, 3.05) is 17.1 Å². The fraction of sp³-hybridized carbons (Fsp3) is 0.174. The zero-order valence-corrected chi connectivity index (χ0v) is 19.0. The lowest BCUT2D eigenvalue weighted by Gasteiger charge is -2.13. The molecule has 2 aromatic carbocycles. The summed E-state index contributed by atoms with van der Waals surface area (Å²) in [7, 11) is -2.16. The van der Waals surface area contributed by atoms with Crippen molar-refractivity contribution in [1.29, 1.82) is 0 Å². The third kappa shape index (κ3) is 4.62. The van der Waals surface area contributed by atoms with Crippen molar-refractivity contribution in [3.63, 3.8) is 0 Å². The smallest absolute Gasteiger partial charge is 0.263 e. The quantitative estimate of drug-likeness (QED) is 0.446. The van der Waals surface area contributed by atoms with Crippen LogP contribution in [0.4, 0.5) is 17.2 Å². The zero-order chi connectivity index (χ0) is 22.9. The van der Waals surface area contributed by atoms with Crippen molar-refractivity contribution < 1.29 is 13.2 Å². The molecule has 0 bridgehead atoms. The Labute approximate surface area is 186 Å². The molecule has 2 N–H and O–H groups in total. The molecule has 0 aliphatic heterocycles. The van der Waals surface area contributed by atoms with Crippen LogP contribution in [-0.4, -0.2) is 30.5 Å². The van der Waals surface area contributed by atoms with Gasteiger partial charge in [0.15, 0.2) is 0 Å². The summed E-state index contributed by atoms with van der Waals surface area (Å²) < 4.78 is 33.4. The SMILES string of the molecule is COc1ccc2nc(C)cc(Nc3ccc(S(=O)(=O)Nc4cc(C)nc(C)n4)cc3)c2c1. The molecule has 0 amide bonds. The molecule has 8 nitrogen and oxygen atoms in total. The number of nitrogens with zero attached hydrogens (tertiary/aromatic N) is 3. The fourth-order valence-electron chi connectivity index (χ4n) is 3.41. The number of hydrogen-bond acceptors (Lipinski definition) is 7. The Morgan fingerprint density at radius 1 is 0.844 bits per heavy atom. The Morgan fingerprint density at radius 2 is 1.56 bits per heavy atom. The van der Waals surface area contributed by atoms with Crippen LogP contribution < -0.4 is 14.8 Å². The Morgan fingerprint density at radius 3 is 2.25 bits per heavy atom. The maximum atomic E-state index is 12.8. The summed E-state index contributed by atoms with van der Waals surface area (Å²) >= 11 is 0. The highest BCUT2D eigenvalue weighted by molar-refractivity contribution is 7.92. The summed E-state index contributed by atoms with van der Waals surface area (Å²) in [6.45, 7) is 5.42. The second-order valence-corrected chi connectivity index (χ2v) is 9.07. The van der Waals surface area contributed by atoms with Crippen LogP contribution in [0, 0.1) is 20.8 Å². The Kier molecular flexibility index (Phi) is 5.67. The van der Waals surface area contributed by atoms with Crippen LogP contribution in [0.3, 0.4) is 0 Å². The van der Waals surface area contributed by atoms with E-state index in [0.717, 1.165) is 33.7 Å². The standard InChI is InChI=1S/C23H23N5O3S/c1-14-11-22(20-13-18(31-4)7-10-21(20)25-14)27-17-5-8-19(9-6-17)32(29,30)28-23-12-15(2)24-16(3)26-23/h5-13H,1-4H3,(H,25,27)(H,24,26,28). The molecule has 9 heteroatoms. The molecule has 0 aliphatic carbocycles. The van der Waals surface area contributed by atoms with E-state index in [9.17, 15) is 8.42 Å². The van der Waals surface area contributed by atoms with Gasteiger partial charge in [-0.1, -0.05) is 0 Å². The van der Waals surface area contributed by atoms with Gasteiger partial charge in [0, 0.05) is 34.2 Å². The highest BCUT2D eigenvalue weighted by atomic mass is 32.2. The number of sulfonamides is 1. The average Bonchev–Trinajstić information content (AvgIpc) is 2.72. The van der Waals surface area contributed by atoms with Gasteiger partial charge >= 0.3 is 0 Å². The van der Waals surface area contributed by atoms with Gasteiger partial charge in [-0.05, 0) is 69.3 Å². The summed E-state index contributed by atoms with van der Waals surface area (Å²) in [5.74, 6) is 1.47. The first-order valence-corrected chi connectivity index (χ1v) is 11.4. The molecule has 0 atom stereocenters. The predicted octanol–water partition coefficient (Wildman–Crippen LogP) is 4.50. The molecule has 0 spiro atoms. The summed E-state index contributed by atoms with van der Waals surface area (Å²) in [6.07, 6.45) is 0. The van der Waals surface area contributed by atoms with E-state index in [1.807, 2.05) is 31.2 Å². The van der Waals surface area contributed by atoms with Crippen LogP contribution in [-0.2, 0) is 10.0 Å². The molecule has 0 fully saturated rings. The maximum Gasteiger partial charge on any atom is 0.263 e. The van der Waals surface area contributed by atoms with E-state index >= 15 is 0 Å². The molecule has 0 saturated carbocycles. The number of rotatable bonds is 6. The van der Waals surface area contributed by atoms with E-state index in [2.05, 4.69) is 25.0 Å². The van der Waals surface area contributed by atoms with Crippen LogP contribution in [0.5, 0.6) is 5.75 Å². The number of benzene rings is 2. The number of aromatic nitrogens is 3. The summed E-state index contributed by atoms with van der Waals surface area (Å²) in [5.41, 5.74) is 3.99. The maximum absolute atomic E-state index is 12.8. The van der Waals surface area contributed by atoms with Crippen molar-refractivity contribution in [2.45, 2.75) is 25.7 Å². The molecule has 0 radical (unpaired) electrons. The van der Waals surface area contributed by atoms with E-state index in [1.54, 1.807) is 51.3 Å². The Hall–Kier alpha value is -3.72. The molecular weight excluding hydrogens is 426 g/mol. The molecule has 0 unspecified atom stereocenters. The molecule has 0 saturated heterocycles. The number of anilines is 3. The minimum Gasteiger partial charge on any atom is -0.497 e. The van der Waals surface area contributed by atoms with Crippen LogP contribution in [0.1, 0.15) is 17.2 Å². The van der Waals surface area contributed by atoms with Gasteiger partial charge in [-0.2, -0.15) is 0 Å². The highest BCUT2D eigenvalue weighted by Crippen LogP contribution is 2.30. The van der Waals surface area contributed by atoms with Crippen molar-refractivity contribution >= 4 is 38.1 Å². The van der Waals surface area contributed by atoms with Crippen molar-refractivity contribution in [2.24, 2.45) is 0 Å². The average molecular weight is 450 g/mol. The van der Waals surface area contributed by atoms with Gasteiger partial charge in [0.2, 0.25) is 0 Å². The van der Waals surface area contributed by atoms with Crippen molar-refractivity contribution in [3.05, 3.63) is 71.8 Å². The lowest BCUT2D eigenvalue weighted by molar-refractivity contribution is 0.415. The first-order chi connectivity index (χ1) is 15.2. The number of hydrogen-bond donors (Lipinski definition) is 2. The van der Waals surface area contributed by atoms with Gasteiger partial charge in [-0.15, -0.1) is 0 Å². The fourth-order valence-corrected chi connectivity index (χ4v) is 4.40. The summed E-state index contributed by atoms with van der Waals surface area (Å²) in [6, 6.07) is 15.7. The third-order valence-electron chi connectivity index (χ3n) is 4.79. The molecule has 4 rings (SSSR count). The third-order valence-corrected chi connectivity index (χ3v) is 6.16. The summed E-state index contributed by atoms with van der Waals surface area (Å²) in [4.78, 5) is 13.0. The topological polar surface area (TPSA) is 106 Å². The van der Waals surface area contributed by atoms with Crippen LogP contribution in [0.15, 0.2) is 59.5 Å². The Balaban J connectivity index is 1.60. The lowest BCUT2D eigenvalue weighted by atomic mass is 10.1. The van der Waals surface area contributed by atoms with E-state index in [-0.39, 0.29) is 10.7 Å². The summed E-state index contributed by atoms with van der Waals surface area (Å²) in [5, 5.41) is 4.26. The van der Waals surface area contributed by atoms with Crippen molar-refractivity contribution in [3.8, 4) is 5.75 Å². The van der Waals surface area contributed by atoms with E-state index in [1.165, 1.54) is 0 Å². The molecule has 164 valence electrons. The first-order valence-electron chi connectivity index (χ1n) is 9.91. The minimum atomic E-state index is -3.78. The number of ether oxygens (including phenoxy) is 1. The van der Waals surface area contributed by atoms with E-state index < -0.39 is 10.0 Å². The number of pyridine rings is 1. The number of aryl methyl sites for hydroxylation is 3. The second kappa shape index (κ2) is 8.43. The van der Waals surface area contributed by atoms with Gasteiger partial charge < -0.3 is 10.1 Å². The van der Waals surface area contributed by atoms with Gasteiger partial charge in [0.25, 0.3) is 10.0 Å². The van der Waals surface area contributed by atoms with E-state index in [4.69, 9.17) is 4.74 Å². The minimum absolute atomic E-state index is 0.134. The zero-order valence-electron chi connectivity index (χ0n) is 18.2. The van der Waals surface area contributed by atoms with Gasteiger partial charge in [-0.25, -0.2) is 18.4 Å². The van der Waals surface area contributed by atoms with Crippen molar-refractivity contribution in [1.82, 2.24) is 15.0 Å². The normalized spacial score (nSPS) is 11.4. The van der Waals surface area contributed by atoms with Gasteiger partial charge in [0.1, 0.15) is 17.4 Å². The molecule has 2 heterocycles. The van der Waals surface area contributed by atoms with Crippen LogP contribution >= 0.6 is 0 Å². The number of nitrogens with one attached hydrogen (secondary N) is 2. The molecular formula is C23H23N5O3S. The van der Waals surface area contributed by atoms with Crippen LogP contribution in [0.2, 0.25) is 0 Å². The lowest BCUT2D eigenvalue weighted by Crippen LogP contribution is -2.14. The van der Waals surface area contributed by atoms with Gasteiger partial charge in [0.05, 0.1) is 17.5 Å². The molecule has 2 aromatic heterocycles. The molecule has 32 heavy (non-hydrogen) atoms.